The van der Waals surface area contributed by atoms with Crippen LogP contribution in [0.3, 0.4) is 0 Å². The first-order chi connectivity index (χ1) is 9.94. The van der Waals surface area contributed by atoms with Crippen molar-refractivity contribution in [1.29, 1.82) is 0 Å². The second-order valence-corrected chi connectivity index (χ2v) is 7.40. The summed E-state index contributed by atoms with van der Waals surface area (Å²) in [5, 5.41) is 0. The summed E-state index contributed by atoms with van der Waals surface area (Å²) in [5.41, 5.74) is 11.2. The lowest BCUT2D eigenvalue weighted by Crippen LogP contribution is -2.21. The third-order valence-electron chi connectivity index (χ3n) is 4.24. The average molecular weight is 283 g/mol. The molecule has 0 radical (unpaired) electrons. The minimum Gasteiger partial charge on any atom is -0.399 e. The number of anilines is 1. The van der Waals surface area contributed by atoms with Gasteiger partial charge in [0.2, 0.25) is 0 Å². The van der Waals surface area contributed by atoms with E-state index in [0.29, 0.717) is 6.04 Å². The van der Waals surface area contributed by atoms with Crippen molar-refractivity contribution in [2.45, 2.75) is 52.5 Å². The third kappa shape index (κ3) is 2.97. The molecule has 0 bridgehead atoms. The number of hydrogen-bond acceptors (Lipinski definition) is 2. The molecule has 1 aromatic carbocycles. The predicted octanol–water partition coefficient (Wildman–Crippen LogP) is 3.98. The van der Waals surface area contributed by atoms with Crippen molar-refractivity contribution >= 4 is 5.69 Å². The summed E-state index contributed by atoms with van der Waals surface area (Å²) >= 11 is 0. The van der Waals surface area contributed by atoms with E-state index >= 15 is 0 Å². The van der Waals surface area contributed by atoms with Crippen molar-refractivity contribution < 1.29 is 0 Å². The molecule has 2 N–H and O–H groups in total. The molecule has 0 saturated heterocycles. The molecule has 0 fully saturated rings. The topological polar surface area (TPSA) is 43.8 Å². The Balaban J connectivity index is 1.98. The highest BCUT2D eigenvalue weighted by molar-refractivity contribution is 5.47. The smallest absolute Gasteiger partial charge is 0.0953 e. The SMILES string of the molecule is CC(C)(C)Cc1cncn1C1CCCc2cc(N)ccc21. The molecule has 3 nitrogen and oxygen atoms in total. The van der Waals surface area contributed by atoms with Crippen LogP contribution in [-0.2, 0) is 12.8 Å². The van der Waals surface area contributed by atoms with Gasteiger partial charge in [-0.25, -0.2) is 4.98 Å². The Morgan fingerprint density at radius 2 is 2.14 bits per heavy atom. The van der Waals surface area contributed by atoms with Crippen molar-refractivity contribution in [2.24, 2.45) is 5.41 Å². The monoisotopic (exact) mass is 283 g/mol. The second-order valence-electron chi connectivity index (χ2n) is 7.40. The number of nitrogen functional groups attached to an aromatic ring is 1. The molecule has 1 aliphatic rings. The highest BCUT2D eigenvalue weighted by Crippen LogP contribution is 2.35. The van der Waals surface area contributed by atoms with Crippen LogP contribution < -0.4 is 5.73 Å². The Morgan fingerprint density at radius 1 is 1.33 bits per heavy atom. The predicted molar refractivity (Wildman–Crippen MR) is 87.3 cm³/mol. The van der Waals surface area contributed by atoms with E-state index in [1.54, 1.807) is 0 Å². The van der Waals surface area contributed by atoms with Gasteiger partial charge in [-0.2, -0.15) is 0 Å². The number of aryl methyl sites for hydroxylation is 1. The van der Waals surface area contributed by atoms with E-state index in [4.69, 9.17) is 5.73 Å². The number of imidazole rings is 1. The Labute approximate surface area is 127 Å². The first-order valence-electron chi connectivity index (χ1n) is 7.83. The van der Waals surface area contributed by atoms with Gasteiger partial charge in [0, 0.05) is 17.6 Å². The summed E-state index contributed by atoms with van der Waals surface area (Å²) in [6.45, 7) is 6.83. The zero-order valence-electron chi connectivity index (χ0n) is 13.3. The van der Waals surface area contributed by atoms with E-state index in [1.165, 1.54) is 29.7 Å². The van der Waals surface area contributed by atoms with E-state index < -0.39 is 0 Å². The first-order valence-corrected chi connectivity index (χ1v) is 7.83. The van der Waals surface area contributed by atoms with E-state index in [2.05, 4.69) is 42.5 Å². The zero-order chi connectivity index (χ0) is 15.0. The largest absolute Gasteiger partial charge is 0.399 e. The number of nitrogens with two attached hydrogens (primary N) is 1. The van der Waals surface area contributed by atoms with Crippen LogP contribution in [-0.4, -0.2) is 9.55 Å². The van der Waals surface area contributed by atoms with E-state index in [-0.39, 0.29) is 5.41 Å². The number of hydrogen-bond donors (Lipinski definition) is 1. The van der Waals surface area contributed by atoms with Crippen LogP contribution in [0.25, 0.3) is 0 Å². The van der Waals surface area contributed by atoms with Crippen LogP contribution in [0.1, 0.15) is 56.5 Å². The van der Waals surface area contributed by atoms with Crippen LogP contribution in [0.2, 0.25) is 0 Å². The lowest BCUT2D eigenvalue weighted by Gasteiger charge is -2.29. The van der Waals surface area contributed by atoms with E-state index in [9.17, 15) is 0 Å². The van der Waals surface area contributed by atoms with Gasteiger partial charge in [-0.05, 0) is 54.4 Å². The molecular formula is C18H25N3. The van der Waals surface area contributed by atoms with Gasteiger partial charge < -0.3 is 10.3 Å². The van der Waals surface area contributed by atoms with Crippen molar-refractivity contribution in [3.05, 3.63) is 47.5 Å². The molecule has 112 valence electrons. The number of rotatable bonds is 2. The summed E-state index contributed by atoms with van der Waals surface area (Å²) in [6.07, 6.45) is 8.61. The minimum atomic E-state index is 0.274. The van der Waals surface area contributed by atoms with Crippen LogP contribution in [0, 0.1) is 5.41 Å². The molecule has 0 amide bonds. The molecule has 2 aromatic rings. The van der Waals surface area contributed by atoms with Gasteiger partial charge in [0.15, 0.2) is 0 Å². The van der Waals surface area contributed by atoms with Gasteiger partial charge in [-0.1, -0.05) is 26.8 Å². The Hall–Kier alpha value is -1.77. The third-order valence-corrected chi connectivity index (χ3v) is 4.24. The molecule has 1 aliphatic carbocycles. The van der Waals surface area contributed by atoms with Crippen molar-refractivity contribution in [3.63, 3.8) is 0 Å². The molecule has 0 spiro atoms. The van der Waals surface area contributed by atoms with E-state index in [0.717, 1.165) is 18.5 Å². The first kappa shape index (κ1) is 14.2. The van der Waals surface area contributed by atoms with Crippen molar-refractivity contribution in [3.8, 4) is 0 Å². The van der Waals surface area contributed by atoms with Gasteiger partial charge in [0.1, 0.15) is 0 Å². The summed E-state index contributed by atoms with van der Waals surface area (Å²) < 4.78 is 2.37. The maximum atomic E-state index is 5.94. The van der Waals surface area contributed by atoms with Crippen LogP contribution in [0.5, 0.6) is 0 Å². The fourth-order valence-corrected chi connectivity index (χ4v) is 3.39. The zero-order valence-corrected chi connectivity index (χ0v) is 13.3. The number of nitrogens with zero attached hydrogens (tertiary/aromatic N) is 2. The Bertz CT molecular complexity index is 634. The quantitative estimate of drug-likeness (QED) is 0.847. The molecule has 1 aromatic heterocycles. The fourth-order valence-electron chi connectivity index (χ4n) is 3.39. The number of fused-ring (bicyclic) bond motifs is 1. The summed E-state index contributed by atoms with van der Waals surface area (Å²) in [7, 11) is 0. The minimum absolute atomic E-state index is 0.274. The fraction of sp³-hybridized carbons (Fsp3) is 0.500. The second kappa shape index (κ2) is 5.21. The lowest BCUT2D eigenvalue weighted by atomic mass is 9.86. The van der Waals surface area contributed by atoms with Gasteiger partial charge >= 0.3 is 0 Å². The highest BCUT2D eigenvalue weighted by atomic mass is 15.1. The molecule has 1 heterocycles. The van der Waals surface area contributed by atoms with Crippen molar-refractivity contribution in [1.82, 2.24) is 9.55 Å². The van der Waals surface area contributed by atoms with Crippen LogP contribution in [0.15, 0.2) is 30.7 Å². The Morgan fingerprint density at radius 3 is 2.90 bits per heavy atom. The molecule has 0 aliphatic heterocycles. The molecule has 21 heavy (non-hydrogen) atoms. The molecule has 0 saturated carbocycles. The van der Waals surface area contributed by atoms with Gasteiger partial charge in [-0.3, -0.25) is 0 Å². The maximum Gasteiger partial charge on any atom is 0.0953 e. The van der Waals surface area contributed by atoms with E-state index in [1.807, 2.05) is 18.6 Å². The number of aromatic nitrogens is 2. The molecule has 3 heteroatoms. The average Bonchev–Trinajstić information content (AvgIpc) is 2.83. The standard InChI is InChI=1S/C18H25N3/c1-18(2,3)10-15-11-20-12-21(15)17-6-4-5-13-9-14(19)7-8-16(13)17/h7-9,11-12,17H,4-6,10,19H2,1-3H3. The molecule has 1 atom stereocenters. The summed E-state index contributed by atoms with van der Waals surface area (Å²) in [6, 6.07) is 6.78. The molecular weight excluding hydrogens is 258 g/mol. The molecule has 3 rings (SSSR count). The van der Waals surface area contributed by atoms with Gasteiger partial charge in [-0.15, -0.1) is 0 Å². The molecule has 1 unspecified atom stereocenters. The normalized spacial score (nSPS) is 18.5. The summed E-state index contributed by atoms with van der Waals surface area (Å²) in [4.78, 5) is 4.41. The number of benzene rings is 1. The maximum absolute atomic E-state index is 5.94. The van der Waals surface area contributed by atoms with Gasteiger partial charge in [0.05, 0.1) is 12.4 Å². The Kier molecular flexibility index (Phi) is 3.52. The van der Waals surface area contributed by atoms with Gasteiger partial charge in [0.25, 0.3) is 0 Å². The summed E-state index contributed by atoms with van der Waals surface area (Å²) in [5.74, 6) is 0. The van der Waals surface area contributed by atoms with Crippen LogP contribution in [0.4, 0.5) is 5.69 Å². The lowest BCUT2D eigenvalue weighted by molar-refractivity contribution is 0.385. The van der Waals surface area contributed by atoms with Crippen molar-refractivity contribution in [2.75, 3.05) is 5.73 Å². The highest BCUT2D eigenvalue weighted by Gasteiger charge is 2.24. The van der Waals surface area contributed by atoms with Crippen LogP contribution >= 0.6 is 0 Å².